The fourth-order valence-electron chi connectivity index (χ4n) is 6.49. The normalized spacial score (nSPS) is 13.9. The number of H-pyrrole nitrogens is 1. The molecule has 2 heterocycles. The fraction of sp³-hybridized carbons (Fsp3) is 0.143. The molecule has 0 aliphatic heterocycles. The van der Waals surface area contributed by atoms with Crippen LogP contribution < -0.4 is 16.0 Å². The second-order valence-corrected chi connectivity index (χ2v) is 14.7. The molecule has 0 saturated heterocycles. The van der Waals surface area contributed by atoms with Crippen LogP contribution in [0.1, 0.15) is 54.6 Å². The minimum atomic E-state index is -0.508. The largest absolute Gasteiger partial charge is 0.465 e. The van der Waals surface area contributed by atoms with Gasteiger partial charge in [0.2, 0.25) is 5.91 Å². The van der Waals surface area contributed by atoms with Crippen molar-refractivity contribution in [2.24, 2.45) is 0 Å². The number of esters is 1. The van der Waals surface area contributed by atoms with E-state index in [0.29, 0.717) is 27.7 Å². The van der Waals surface area contributed by atoms with Gasteiger partial charge in [-0.1, -0.05) is 72.8 Å². The minimum absolute atomic E-state index is 0.0659. The van der Waals surface area contributed by atoms with E-state index in [1.807, 2.05) is 54.6 Å². The lowest BCUT2D eigenvalue weighted by Crippen LogP contribution is -2.30. The Morgan fingerprint density at radius 2 is 1.66 bits per heavy atom. The first-order valence-corrected chi connectivity index (χ1v) is 18.9. The van der Waals surface area contributed by atoms with Gasteiger partial charge in [-0.25, -0.2) is 4.79 Å². The van der Waals surface area contributed by atoms with Crippen molar-refractivity contribution < 1.29 is 23.9 Å². The van der Waals surface area contributed by atoms with Crippen molar-refractivity contribution in [1.82, 2.24) is 10.3 Å². The van der Waals surface area contributed by atoms with Crippen LogP contribution in [-0.2, 0) is 27.2 Å². The van der Waals surface area contributed by atoms with Crippen LogP contribution in [0.5, 0.6) is 0 Å². The molecule has 4 N–H and O–H groups in total. The van der Waals surface area contributed by atoms with Crippen LogP contribution >= 0.6 is 23.1 Å². The summed E-state index contributed by atoms with van der Waals surface area (Å²) in [4.78, 5) is 58.0. The number of hydrogen-bond acceptors (Lipinski definition) is 7. The molecule has 7 rings (SSSR count). The number of methoxy groups -OCH3 is 1. The third kappa shape index (κ3) is 8.27. The zero-order valence-corrected chi connectivity index (χ0v) is 30.4. The highest BCUT2D eigenvalue weighted by atomic mass is 32.2. The van der Waals surface area contributed by atoms with Gasteiger partial charge in [0.15, 0.2) is 0 Å². The quantitative estimate of drug-likeness (QED) is 0.0600. The molecular formula is C42H36N4O5S2. The number of thioether (sulfide) groups is 1. The van der Waals surface area contributed by atoms with E-state index in [1.54, 1.807) is 54.7 Å². The van der Waals surface area contributed by atoms with Crippen molar-refractivity contribution in [3.05, 3.63) is 154 Å². The Labute approximate surface area is 314 Å². The Hall–Kier alpha value is -5.91. The SMILES string of the molecule is COC(=O)c1c(NC(=O)CSc2cccc(NC(=O)/C(=C/c3c[nH]c4ccccc34)NC(=O)c3ccccc3)c2)sc2c1CCC(c1ccccc1)C2. The zero-order chi connectivity index (χ0) is 36.7. The van der Waals surface area contributed by atoms with Crippen LogP contribution in [0, 0.1) is 0 Å². The topological polar surface area (TPSA) is 129 Å². The van der Waals surface area contributed by atoms with Crippen molar-refractivity contribution in [2.45, 2.75) is 30.1 Å². The molecule has 3 amide bonds. The molecule has 266 valence electrons. The molecule has 11 heteroatoms. The summed E-state index contributed by atoms with van der Waals surface area (Å²) in [6.45, 7) is 0. The number of hydrogen-bond donors (Lipinski definition) is 4. The van der Waals surface area contributed by atoms with Crippen LogP contribution in [-0.4, -0.2) is 41.5 Å². The number of carbonyl (C=O) groups is 4. The third-order valence-electron chi connectivity index (χ3n) is 9.09. The maximum Gasteiger partial charge on any atom is 0.341 e. The number of para-hydroxylation sites is 1. The van der Waals surface area contributed by atoms with Crippen LogP contribution in [0.25, 0.3) is 17.0 Å². The lowest BCUT2D eigenvalue weighted by Gasteiger charge is -2.22. The monoisotopic (exact) mass is 740 g/mol. The first-order valence-electron chi connectivity index (χ1n) is 17.1. The summed E-state index contributed by atoms with van der Waals surface area (Å²) in [7, 11) is 1.35. The van der Waals surface area contributed by atoms with Gasteiger partial charge in [0, 0.05) is 43.7 Å². The molecule has 0 bridgehead atoms. The predicted octanol–water partition coefficient (Wildman–Crippen LogP) is 8.43. The van der Waals surface area contributed by atoms with Crippen molar-refractivity contribution in [3.63, 3.8) is 0 Å². The summed E-state index contributed by atoms with van der Waals surface area (Å²) in [5.41, 5.74) is 5.29. The number of anilines is 2. The van der Waals surface area contributed by atoms with E-state index in [0.717, 1.165) is 51.1 Å². The van der Waals surface area contributed by atoms with Crippen molar-refractivity contribution >= 4 is 74.5 Å². The van der Waals surface area contributed by atoms with Gasteiger partial charge in [-0.15, -0.1) is 23.1 Å². The smallest absolute Gasteiger partial charge is 0.341 e. The highest BCUT2D eigenvalue weighted by Crippen LogP contribution is 2.43. The van der Waals surface area contributed by atoms with E-state index in [2.05, 4.69) is 33.1 Å². The molecule has 1 aliphatic rings. The maximum atomic E-state index is 13.7. The van der Waals surface area contributed by atoms with Gasteiger partial charge in [-0.2, -0.15) is 0 Å². The fourth-order valence-corrected chi connectivity index (χ4v) is 8.57. The number of aromatic amines is 1. The molecule has 4 aromatic carbocycles. The lowest BCUT2D eigenvalue weighted by atomic mass is 9.83. The number of aromatic nitrogens is 1. The number of ether oxygens (including phenoxy) is 1. The predicted molar refractivity (Wildman–Crippen MR) is 211 cm³/mol. The average molecular weight is 741 g/mol. The Balaban J connectivity index is 1.04. The summed E-state index contributed by atoms with van der Waals surface area (Å²) in [5, 5.41) is 10.1. The molecule has 1 aliphatic carbocycles. The molecule has 9 nitrogen and oxygen atoms in total. The summed E-state index contributed by atoms with van der Waals surface area (Å²) in [5.74, 6) is -1.22. The Kier molecular flexibility index (Phi) is 10.8. The minimum Gasteiger partial charge on any atom is -0.465 e. The number of thiophene rings is 1. The van der Waals surface area contributed by atoms with Gasteiger partial charge in [0.25, 0.3) is 11.8 Å². The van der Waals surface area contributed by atoms with Gasteiger partial charge < -0.3 is 25.7 Å². The number of carbonyl (C=O) groups excluding carboxylic acids is 4. The summed E-state index contributed by atoms with van der Waals surface area (Å²) in [6.07, 6.45) is 5.87. The number of amides is 3. The van der Waals surface area contributed by atoms with E-state index >= 15 is 0 Å². The number of benzene rings is 4. The standard InChI is InChI=1S/C42H36N4O5S2/c1-51-42(50)38-33-20-19-28(26-11-4-2-5-12-26)22-36(33)53-41(38)46-37(47)25-52-31-16-10-15-30(23-31)44-40(49)35(45-39(48)27-13-6-3-7-14-27)21-29-24-43-34-18-9-8-17-32(29)34/h2-18,21,23-24,28,43H,19-20,22,25H2,1H3,(H,44,49)(H,45,48)(H,46,47)/b35-21-. The molecule has 6 aromatic rings. The van der Waals surface area contributed by atoms with Crippen molar-refractivity contribution in [3.8, 4) is 0 Å². The second kappa shape index (κ2) is 16.2. The van der Waals surface area contributed by atoms with Crippen molar-refractivity contribution in [1.29, 1.82) is 0 Å². The molecule has 0 radical (unpaired) electrons. The van der Waals surface area contributed by atoms with Gasteiger partial charge >= 0.3 is 5.97 Å². The van der Waals surface area contributed by atoms with E-state index in [4.69, 9.17) is 4.74 Å². The first kappa shape index (κ1) is 35.5. The molecule has 1 atom stereocenters. The molecule has 0 spiro atoms. The number of nitrogens with one attached hydrogen (secondary N) is 4. The summed E-state index contributed by atoms with van der Waals surface area (Å²) >= 11 is 2.74. The van der Waals surface area contributed by atoms with Crippen LogP contribution in [0.4, 0.5) is 10.7 Å². The second-order valence-electron chi connectivity index (χ2n) is 12.5. The molecule has 53 heavy (non-hydrogen) atoms. The number of fused-ring (bicyclic) bond motifs is 2. The van der Waals surface area contributed by atoms with Gasteiger partial charge in [0.05, 0.1) is 18.4 Å². The Bertz CT molecular complexity index is 2330. The van der Waals surface area contributed by atoms with Gasteiger partial charge in [-0.3, -0.25) is 14.4 Å². The van der Waals surface area contributed by atoms with E-state index in [1.165, 1.54) is 35.8 Å². The summed E-state index contributed by atoms with van der Waals surface area (Å²) < 4.78 is 5.12. The first-order chi connectivity index (χ1) is 25.9. The summed E-state index contributed by atoms with van der Waals surface area (Å²) in [6, 6.07) is 33.9. The third-order valence-corrected chi connectivity index (χ3v) is 11.3. The van der Waals surface area contributed by atoms with Crippen molar-refractivity contribution in [2.75, 3.05) is 23.5 Å². The van der Waals surface area contributed by atoms with Gasteiger partial charge in [-0.05, 0) is 78.8 Å². The highest BCUT2D eigenvalue weighted by Gasteiger charge is 2.30. The maximum absolute atomic E-state index is 13.7. The zero-order valence-electron chi connectivity index (χ0n) is 28.8. The molecule has 2 aromatic heterocycles. The van der Waals surface area contributed by atoms with E-state index in [9.17, 15) is 19.2 Å². The molecule has 0 fully saturated rings. The number of rotatable bonds is 11. The van der Waals surface area contributed by atoms with Crippen LogP contribution in [0.3, 0.4) is 0 Å². The van der Waals surface area contributed by atoms with Gasteiger partial charge in [0.1, 0.15) is 10.7 Å². The lowest BCUT2D eigenvalue weighted by molar-refractivity contribution is -0.114. The molecule has 1 unspecified atom stereocenters. The molecular weight excluding hydrogens is 705 g/mol. The van der Waals surface area contributed by atoms with Crippen LogP contribution in [0.15, 0.2) is 126 Å². The Morgan fingerprint density at radius 1 is 0.906 bits per heavy atom. The van der Waals surface area contributed by atoms with E-state index < -0.39 is 17.8 Å². The van der Waals surface area contributed by atoms with E-state index in [-0.39, 0.29) is 17.4 Å². The molecule has 0 saturated carbocycles. The average Bonchev–Trinajstić information content (AvgIpc) is 3.77. The van der Waals surface area contributed by atoms with Crippen LogP contribution in [0.2, 0.25) is 0 Å². The highest BCUT2D eigenvalue weighted by molar-refractivity contribution is 8.00. The Morgan fingerprint density at radius 3 is 2.45 bits per heavy atom.